The molecule has 0 radical (unpaired) electrons. The molecule has 0 unspecified atom stereocenters. The van der Waals surface area contributed by atoms with Crippen molar-refractivity contribution in [1.82, 2.24) is 0 Å². The molecule has 0 heterocycles. The van der Waals surface area contributed by atoms with Gasteiger partial charge in [0.1, 0.15) is 11.6 Å². The zero-order chi connectivity index (χ0) is 19.2. The lowest BCUT2D eigenvalue weighted by atomic mass is 10.0. The van der Waals surface area contributed by atoms with Crippen LogP contribution in [0.1, 0.15) is 21.5 Å². The Morgan fingerprint density at radius 1 is 1.04 bits per heavy atom. The number of carbonyl (C=O) groups excluding carboxylic acids is 1. The Balaban J connectivity index is 1.78. The molecule has 0 bridgehead atoms. The normalized spacial score (nSPS) is 10.9. The lowest BCUT2D eigenvalue weighted by Gasteiger charge is -2.06. The van der Waals surface area contributed by atoms with Crippen LogP contribution >= 0.6 is 11.6 Å². The molecule has 0 aliphatic rings. The standard InChI is InChI=1S/C22H13ClFNO2/c23-18-5-3-4-16(13-18)17(14-25)12-15-8-10-19(11-9-15)27-22(26)20-6-1-2-7-21(20)24/h1-13H/b17-12-. The predicted molar refractivity (Wildman–Crippen MR) is 103 cm³/mol. The molecule has 0 amide bonds. The average molecular weight is 378 g/mol. The number of hydrogen-bond acceptors (Lipinski definition) is 3. The fourth-order valence-electron chi connectivity index (χ4n) is 2.42. The molecule has 5 heteroatoms. The third-order valence-corrected chi connectivity index (χ3v) is 3.99. The Morgan fingerprint density at radius 2 is 1.78 bits per heavy atom. The van der Waals surface area contributed by atoms with Gasteiger partial charge in [0.25, 0.3) is 0 Å². The number of rotatable bonds is 4. The Morgan fingerprint density at radius 3 is 2.44 bits per heavy atom. The number of allylic oxidation sites excluding steroid dienone is 1. The first kappa shape index (κ1) is 18.4. The second-order valence-electron chi connectivity index (χ2n) is 5.62. The minimum Gasteiger partial charge on any atom is -0.423 e. The van der Waals surface area contributed by atoms with E-state index >= 15 is 0 Å². The number of nitriles is 1. The van der Waals surface area contributed by atoms with Crippen molar-refractivity contribution in [2.75, 3.05) is 0 Å². The molecule has 0 spiro atoms. The summed E-state index contributed by atoms with van der Waals surface area (Å²) in [6.07, 6.45) is 1.70. The SMILES string of the molecule is N#C/C(=C/c1ccc(OC(=O)c2ccccc2F)cc1)c1cccc(Cl)c1. The van der Waals surface area contributed by atoms with Gasteiger partial charge in [-0.15, -0.1) is 0 Å². The summed E-state index contributed by atoms with van der Waals surface area (Å²) in [5.74, 6) is -1.13. The van der Waals surface area contributed by atoms with E-state index in [4.69, 9.17) is 16.3 Å². The van der Waals surface area contributed by atoms with Crippen LogP contribution in [0, 0.1) is 17.1 Å². The first-order valence-corrected chi connectivity index (χ1v) is 8.39. The third kappa shape index (κ3) is 4.60. The predicted octanol–water partition coefficient (Wildman–Crippen LogP) is 5.76. The van der Waals surface area contributed by atoms with Gasteiger partial charge in [-0.05, 0) is 53.6 Å². The summed E-state index contributed by atoms with van der Waals surface area (Å²) in [6, 6.07) is 21.3. The molecule has 0 aliphatic heterocycles. The maximum absolute atomic E-state index is 13.6. The van der Waals surface area contributed by atoms with Crippen LogP contribution in [0.15, 0.2) is 72.8 Å². The van der Waals surface area contributed by atoms with Gasteiger partial charge < -0.3 is 4.74 Å². The molecule has 0 saturated heterocycles. The largest absolute Gasteiger partial charge is 0.423 e. The van der Waals surface area contributed by atoms with Crippen LogP contribution in [-0.2, 0) is 0 Å². The monoisotopic (exact) mass is 377 g/mol. The van der Waals surface area contributed by atoms with Crippen LogP contribution in [0.5, 0.6) is 5.75 Å². The highest BCUT2D eigenvalue weighted by molar-refractivity contribution is 6.30. The number of hydrogen-bond donors (Lipinski definition) is 0. The van der Waals surface area contributed by atoms with Gasteiger partial charge in [0, 0.05) is 5.02 Å². The van der Waals surface area contributed by atoms with E-state index < -0.39 is 11.8 Å². The number of nitrogens with zero attached hydrogens (tertiary/aromatic N) is 1. The summed E-state index contributed by atoms with van der Waals surface area (Å²) < 4.78 is 18.8. The summed E-state index contributed by atoms with van der Waals surface area (Å²) in [7, 11) is 0. The quantitative estimate of drug-likeness (QED) is 0.251. The summed E-state index contributed by atoms with van der Waals surface area (Å²) in [4.78, 5) is 12.0. The summed E-state index contributed by atoms with van der Waals surface area (Å²) in [5.41, 5.74) is 1.78. The van der Waals surface area contributed by atoms with E-state index in [0.29, 0.717) is 16.2 Å². The minimum absolute atomic E-state index is 0.130. The Labute approximate surface area is 160 Å². The van der Waals surface area contributed by atoms with Gasteiger partial charge in [-0.2, -0.15) is 5.26 Å². The maximum Gasteiger partial charge on any atom is 0.346 e. The molecular formula is C22H13ClFNO2. The number of esters is 1. The zero-order valence-electron chi connectivity index (χ0n) is 14.0. The second-order valence-corrected chi connectivity index (χ2v) is 6.06. The average Bonchev–Trinajstić information content (AvgIpc) is 2.67. The molecule has 0 fully saturated rings. The van der Waals surface area contributed by atoms with E-state index in [-0.39, 0.29) is 11.3 Å². The maximum atomic E-state index is 13.6. The molecule has 3 aromatic rings. The van der Waals surface area contributed by atoms with Gasteiger partial charge in [0.2, 0.25) is 0 Å². The van der Waals surface area contributed by atoms with Crippen molar-refractivity contribution in [3.63, 3.8) is 0 Å². The Kier molecular flexibility index (Phi) is 5.65. The van der Waals surface area contributed by atoms with E-state index in [1.165, 1.54) is 18.2 Å². The Hall–Kier alpha value is -3.42. The molecule has 0 N–H and O–H groups in total. The summed E-state index contributed by atoms with van der Waals surface area (Å²) in [5, 5.41) is 9.94. The van der Waals surface area contributed by atoms with Gasteiger partial charge in [-0.1, -0.05) is 48.0 Å². The number of benzene rings is 3. The van der Waals surface area contributed by atoms with Gasteiger partial charge in [0.05, 0.1) is 17.2 Å². The molecule has 3 rings (SSSR count). The van der Waals surface area contributed by atoms with Crippen LogP contribution < -0.4 is 4.74 Å². The van der Waals surface area contributed by atoms with Crippen LogP contribution in [0.3, 0.4) is 0 Å². The first-order chi connectivity index (χ1) is 13.1. The van der Waals surface area contributed by atoms with E-state index in [1.54, 1.807) is 60.7 Å². The molecule has 0 atom stereocenters. The van der Waals surface area contributed by atoms with Crippen LogP contribution in [0.2, 0.25) is 5.02 Å². The van der Waals surface area contributed by atoms with Gasteiger partial charge in [0.15, 0.2) is 0 Å². The molecular weight excluding hydrogens is 365 g/mol. The molecule has 0 aliphatic carbocycles. The fourth-order valence-corrected chi connectivity index (χ4v) is 2.61. The fraction of sp³-hybridized carbons (Fsp3) is 0. The lowest BCUT2D eigenvalue weighted by molar-refractivity contribution is 0.0730. The summed E-state index contributed by atoms with van der Waals surface area (Å²) in [6.45, 7) is 0. The molecule has 27 heavy (non-hydrogen) atoms. The van der Waals surface area contributed by atoms with Crippen molar-refractivity contribution in [2.45, 2.75) is 0 Å². The highest BCUT2D eigenvalue weighted by Gasteiger charge is 2.13. The minimum atomic E-state index is -0.770. The molecule has 0 saturated carbocycles. The van der Waals surface area contributed by atoms with Crippen molar-refractivity contribution < 1.29 is 13.9 Å². The van der Waals surface area contributed by atoms with E-state index in [1.807, 2.05) is 0 Å². The van der Waals surface area contributed by atoms with Crippen molar-refractivity contribution >= 4 is 29.2 Å². The summed E-state index contributed by atoms with van der Waals surface area (Å²) >= 11 is 5.97. The van der Waals surface area contributed by atoms with Crippen LogP contribution in [0.25, 0.3) is 11.6 Å². The van der Waals surface area contributed by atoms with Crippen molar-refractivity contribution in [3.8, 4) is 11.8 Å². The zero-order valence-corrected chi connectivity index (χ0v) is 14.8. The van der Waals surface area contributed by atoms with Gasteiger partial charge in [-0.3, -0.25) is 0 Å². The van der Waals surface area contributed by atoms with Crippen molar-refractivity contribution in [3.05, 3.63) is 100 Å². The molecule has 0 aromatic heterocycles. The number of halogens is 2. The molecule has 3 nitrogen and oxygen atoms in total. The van der Waals surface area contributed by atoms with Crippen molar-refractivity contribution in [1.29, 1.82) is 5.26 Å². The van der Waals surface area contributed by atoms with Gasteiger partial charge in [-0.25, -0.2) is 9.18 Å². The van der Waals surface area contributed by atoms with E-state index in [0.717, 1.165) is 5.56 Å². The lowest BCUT2D eigenvalue weighted by Crippen LogP contribution is -2.10. The highest BCUT2D eigenvalue weighted by Crippen LogP contribution is 2.22. The molecule has 3 aromatic carbocycles. The number of ether oxygens (including phenoxy) is 1. The smallest absolute Gasteiger partial charge is 0.346 e. The third-order valence-electron chi connectivity index (χ3n) is 3.75. The van der Waals surface area contributed by atoms with E-state index in [2.05, 4.69) is 6.07 Å². The van der Waals surface area contributed by atoms with Gasteiger partial charge >= 0.3 is 5.97 Å². The highest BCUT2D eigenvalue weighted by atomic mass is 35.5. The van der Waals surface area contributed by atoms with E-state index in [9.17, 15) is 14.4 Å². The van der Waals surface area contributed by atoms with Crippen LogP contribution in [0.4, 0.5) is 4.39 Å². The first-order valence-electron chi connectivity index (χ1n) is 8.01. The molecule has 132 valence electrons. The Bertz CT molecular complexity index is 1050. The number of carbonyl (C=O) groups is 1. The van der Waals surface area contributed by atoms with Crippen LogP contribution in [-0.4, -0.2) is 5.97 Å². The second kappa shape index (κ2) is 8.31. The topological polar surface area (TPSA) is 50.1 Å². The van der Waals surface area contributed by atoms with Crippen molar-refractivity contribution in [2.24, 2.45) is 0 Å².